The van der Waals surface area contributed by atoms with Crippen LogP contribution in [0.4, 0.5) is 18.9 Å². The number of fused-ring (bicyclic) bond motifs is 1. The third-order valence-electron chi connectivity index (χ3n) is 3.79. The zero-order valence-electron chi connectivity index (χ0n) is 15.1. The van der Waals surface area contributed by atoms with Gasteiger partial charge in [0.2, 0.25) is 0 Å². The van der Waals surface area contributed by atoms with E-state index in [-0.39, 0.29) is 5.56 Å². The Bertz CT molecular complexity index is 898. The number of nitrogens with one attached hydrogen (secondary N) is 1. The van der Waals surface area contributed by atoms with Crippen LogP contribution in [0.2, 0.25) is 0 Å². The maximum absolute atomic E-state index is 12.3. The molecule has 0 saturated heterocycles. The number of anilines is 1. The van der Waals surface area contributed by atoms with Crippen molar-refractivity contribution in [1.29, 1.82) is 0 Å². The molecule has 0 bridgehead atoms. The Balaban J connectivity index is 1.57. The summed E-state index contributed by atoms with van der Waals surface area (Å²) in [4.78, 5) is 24.4. The van der Waals surface area contributed by atoms with Crippen LogP contribution >= 0.6 is 0 Å². The fraction of sp³-hybridized carbons (Fsp3) is 0.263. The second-order valence-corrected chi connectivity index (χ2v) is 5.97. The summed E-state index contributed by atoms with van der Waals surface area (Å²) in [6.45, 7) is 2.20. The Labute approximate surface area is 163 Å². The van der Waals surface area contributed by atoms with E-state index in [0.717, 1.165) is 24.3 Å². The van der Waals surface area contributed by atoms with Crippen LogP contribution in [0.15, 0.2) is 42.5 Å². The summed E-state index contributed by atoms with van der Waals surface area (Å²) >= 11 is 0. The highest BCUT2D eigenvalue weighted by atomic mass is 19.4. The van der Waals surface area contributed by atoms with Crippen molar-refractivity contribution in [1.82, 2.24) is 0 Å². The van der Waals surface area contributed by atoms with E-state index >= 15 is 0 Å². The van der Waals surface area contributed by atoms with Crippen molar-refractivity contribution in [3.63, 3.8) is 0 Å². The molecule has 0 spiro atoms. The van der Waals surface area contributed by atoms with Gasteiger partial charge in [0.1, 0.15) is 19.0 Å². The zero-order chi connectivity index (χ0) is 21.0. The lowest BCUT2D eigenvalue weighted by Crippen LogP contribution is -2.30. The van der Waals surface area contributed by atoms with Crippen LogP contribution in [0.1, 0.15) is 17.3 Å². The Hall–Kier alpha value is -3.43. The lowest BCUT2D eigenvalue weighted by Gasteiger charge is -2.19. The average molecular weight is 411 g/mol. The molecular weight excluding hydrogens is 395 g/mol. The number of ether oxygens (including phenoxy) is 4. The van der Waals surface area contributed by atoms with Gasteiger partial charge in [0.15, 0.2) is 17.6 Å². The van der Waals surface area contributed by atoms with E-state index in [1.807, 2.05) is 0 Å². The van der Waals surface area contributed by atoms with E-state index in [1.165, 1.54) is 6.92 Å². The molecular formula is C19H16F3NO6. The minimum atomic E-state index is -4.83. The number of carbonyl (C=O) groups is 2. The molecule has 7 nitrogen and oxygen atoms in total. The minimum absolute atomic E-state index is 0.0292. The Morgan fingerprint density at radius 2 is 1.69 bits per heavy atom. The summed E-state index contributed by atoms with van der Waals surface area (Å²) in [5.41, 5.74) is 0.398. The van der Waals surface area contributed by atoms with E-state index in [9.17, 15) is 22.8 Å². The molecule has 0 aliphatic carbocycles. The lowest BCUT2D eigenvalue weighted by molar-refractivity contribution is -0.274. The lowest BCUT2D eigenvalue weighted by atomic mass is 10.2. The topological polar surface area (TPSA) is 83.1 Å². The van der Waals surface area contributed by atoms with Gasteiger partial charge in [-0.1, -0.05) is 0 Å². The van der Waals surface area contributed by atoms with Crippen LogP contribution in [0.3, 0.4) is 0 Å². The SMILES string of the molecule is C[C@H](OC(=O)c1ccc(OC(F)(F)F)cc1)C(=O)Nc1ccc2c(c1)OCCO2. The second-order valence-electron chi connectivity index (χ2n) is 5.97. The van der Waals surface area contributed by atoms with Crippen molar-refractivity contribution in [2.45, 2.75) is 19.4 Å². The van der Waals surface area contributed by atoms with Crippen LogP contribution in [-0.4, -0.2) is 37.6 Å². The first-order chi connectivity index (χ1) is 13.7. The number of rotatable bonds is 5. The maximum Gasteiger partial charge on any atom is 0.573 e. The van der Waals surface area contributed by atoms with Gasteiger partial charge in [-0.3, -0.25) is 4.79 Å². The predicted molar refractivity (Wildman–Crippen MR) is 94.1 cm³/mol. The molecule has 3 rings (SSSR count). The molecule has 0 saturated carbocycles. The highest BCUT2D eigenvalue weighted by Crippen LogP contribution is 2.32. The van der Waals surface area contributed by atoms with E-state index < -0.39 is 30.1 Å². The Kier molecular flexibility index (Phi) is 5.81. The van der Waals surface area contributed by atoms with E-state index in [1.54, 1.807) is 18.2 Å². The van der Waals surface area contributed by atoms with Crippen molar-refractivity contribution in [3.05, 3.63) is 48.0 Å². The molecule has 1 amide bonds. The number of benzene rings is 2. The van der Waals surface area contributed by atoms with Gasteiger partial charge in [0.25, 0.3) is 5.91 Å². The number of amides is 1. The fourth-order valence-electron chi connectivity index (χ4n) is 2.44. The molecule has 1 aliphatic rings. The summed E-state index contributed by atoms with van der Waals surface area (Å²) < 4.78 is 56.1. The number of esters is 1. The van der Waals surface area contributed by atoms with Crippen LogP contribution in [0.5, 0.6) is 17.2 Å². The van der Waals surface area contributed by atoms with Gasteiger partial charge in [0.05, 0.1) is 5.56 Å². The fourth-order valence-corrected chi connectivity index (χ4v) is 2.44. The number of carbonyl (C=O) groups excluding carboxylic acids is 2. The minimum Gasteiger partial charge on any atom is -0.486 e. The van der Waals surface area contributed by atoms with Gasteiger partial charge in [-0.25, -0.2) is 4.79 Å². The van der Waals surface area contributed by atoms with Gasteiger partial charge in [-0.2, -0.15) is 0 Å². The van der Waals surface area contributed by atoms with Gasteiger partial charge in [0, 0.05) is 11.8 Å². The molecule has 2 aromatic rings. The molecule has 154 valence electrons. The smallest absolute Gasteiger partial charge is 0.486 e. The Morgan fingerprint density at radius 3 is 2.34 bits per heavy atom. The van der Waals surface area contributed by atoms with Crippen LogP contribution in [-0.2, 0) is 9.53 Å². The van der Waals surface area contributed by atoms with Crippen LogP contribution < -0.4 is 19.5 Å². The van der Waals surface area contributed by atoms with Crippen LogP contribution in [0.25, 0.3) is 0 Å². The highest BCUT2D eigenvalue weighted by Gasteiger charge is 2.31. The largest absolute Gasteiger partial charge is 0.573 e. The van der Waals surface area contributed by atoms with Crippen molar-refractivity contribution in [3.8, 4) is 17.2 Å². The monoisotopic (exact) mass is 411 g/mol. The normalized spacial score (nSPS) is 13.9. The average Bonchev–Trinajstić information content (AvgIpc) is 2.67. The van der Waals surface area contributed by atoms with Gasteiger partial charge in [-0.05, 0) is 43.3 Å². The van der Waals surface area contributed by atoms with Gasteiger partial charge >= 0.3 is 12.3 Å². The zero-order valence-corrected chi connectivity index (χ0v) is 15.1. The number of hydrogen-bond donors (Lipinski definition) is 1. The molecule has 0 fully saturated rings. The number of halogens is 3. The second kappa shape index (κ2) is 8.29. The van der Waals surface area contributed by atoms with E-state index in [0.29, 0.717) is 30.4 Å². The quantitative estimate of drug-likeness (QED) is 0.758. The third kappa shape index (κ3) is 5.53. The maximum atomic E-state index is 12.3. The number of alkyl halides is 3. The number of hydrogen-bond acceptors (Lipinski definition) is 6. The molecule has 1 heterocycles. The van der Waals surface area contributed by atoms with Crippen molar-refractivity contribution < 1.29 is 41.7 Å². The molecule has 2 aromatic carbocycles. The molecule has 1 atom stereocenters. The van der Waals surface area contributed by atoms with E-state index in [4.69, 9.17) is 14.2 Å². The molecule has 1 aliphatic heterocycles. The van der Waals surface area contributed by atoms with Gasteiger partial charge < -0.3 is 24.3 Å². The summed E-state index contributed by atoms with van der Waals surface area (Å²) in [6.07, 6.45) is -5.98. The van der Waals surface area contributed by atoms with Gasteiger partial charge in [-0.15, -0.1) is 13.2 Å². The van der Waals surface area contributed by atoms with Crippen LogP contribution in [0, 0.1) is 0 Å². The third-order valence-corrected chi connectivity index (χ3v) is 3.79. The Morgan fingerprint density at radius 1 is 1.03 bits per heavy atom. The molecule has 0 radical (unpaired) electrons. The first-order valence-corrected chi connectivity index (χ1v) is 8.48. The molecule has 29 heavy (non-hydrogen) atoms. The first-order valence-electron chi connectivity index (χ1n) is 8.48. The molecule has 1 N–H and O–H groups in total. The first kappa shape index (κ1) is 20.3. The van der Waals surface area contributed by atoms with E-state index in [2.05, 4.69) is 10.1 Å². The summed E-state index contributed by atoms with van der Waals surface area (Å²) in [5.74, 6) is -0.884. The summed E-state index contributed by atoms with van der Waals surface area (Å²) in [6, 6.07) is 9.00. The summed E-state index contributed by atoms with van der Waals surface area (Å²) in [5, 5.41) is 2.59. The molecule has 0 aromatic heterocycles. The van der Waals surface area contributed by atoms with Crippen molar-refractivity contribution >= 4 is 17.6 Å². The molecule has 10 heteroatoms. The van der Waals surface area contributed by atoms with Crippen molar-refractivity contribution in [2.75, 3.05) is 18.5 Å². The molecule has 0 unspecified atom stereocenters. The predicted octanol–water partition coefficient (Wildman–Crippen LogP) is 3.54. The highest BCUT2D eigenvalue weighted by molar-refractivity contribution is 5.97. The standard InChI is InChI=1S/C19H16F3NO6/c1-11(17(24)23-13-4-7-15-16(10-13)27-9-8-26-15)28-18(25)12-2-5-14(6-3-12)29-19(20,21)22/h2-7,10-11H,8-9H2,1H3,(H,23,24)/t11-/m0/s1. The summed E-state index contributed by atoms with van der Waals surface area (Å²) in [7, 11) is 0. The van der Waals surface area contributed by atoms with Crippen molar-refractivity contribution in [2.24, 2.45) is 0 Å².